The van der Waals surface area contributed by atoms with Crippen LogP contribution in [0.1, 0.15) is 18.1 Å². The largest absolute Gasteiger partial charge is 0.451 e. The van der Waals surface area contributed by atoms with E-state index in [-0.39, 0.29) is 6.29 Å². The average molecular weight is 204 g/mol. The Bertz CT molecular complexity index is 429. The smallest absolute Gasteiger partial charge is 0.238 e. The molecule has 0 aromatic heterocycles. The minimum absolute atomic E-state index is 0.180. The summed E-state index contributed by atoms with van der Waals surface area (Å²) in [5.41, 5.74) is 5.32. The topological polar surface area (TPSA) is 42.9 Å². The summed E-state index contributed by atoms with van der Waals surface area (Å²) in [6.45, 7) is 2.75. The summed E-state index contributed by atoms with van der Waals surface area (Å²) >= 11 is 0. The van der Waals surface area contributed by atoms with Crippen LogP contribution >= 0.6 is 0 Å². The Hall–Kier alpha value is -1.71. The van der Waals surface area contributed by atoms with E-state index in [4.69, 9.17) is 9.47 Å². The second kappa shape index (κ2) is 3.15. The van der Waals surface area contributed by atoms with Crippen LogP contribution in [0, 0.1) is 0 Å². The van der Waals surface area contributed by atoms with Crippen molar-refractivity contribution in [1.82, 2.24) is 5.43 Å². The third kappa shape index (κ3) is 1.42. The number of ether oxygens (including phenoxy) is 2. The molecule has 4 nitrogen and oxygen atoms in total. The molecule has 1 atom stereocenters. The molecule has 78 valence electrons. The molecule has 0 bridgehead atoms. The molecule has 3 rings (SSSR count). The van der Waals surface area contributed by atoms with Gasteiger partial charge < -0.3 is 14.9 Å². The van der Waals surface area contributed by atoms with E-state index in [1.54, 1.807) is 0 Å². The summed E-state index contributed by atoms with van der Waals surface area (Å²) in [5.74, 6) is 1.66. The van der Waals surface area contributed by atoms with Crippen molar-refractivity contribution in [3.8, 4) is 11.5 Å². The van der Waals surface area contributed by atoms with Crippen LogP contribution in [-0.2, 0) is 6.42 Å². The lowest BCUT2D eigenvalue weighted by molar-refractivity contribution is 0.0678. The molecule has 1 unspecified atom stereocenters. The van der Waals surface area contributed by atoms with E-state index >= 15 is 0 Å². The Morgan fingerprint density at radius 2 is 2.13 bits per heavy atom. The molecule has 2 heterocycles. The molecule has 2 aliphatic rings. The molecule has 1 aromatic rings. The third-order valence-corrected chi connectivity index (χ3v) is 2.59. The molecule has 0 saturated heterocycles. The van der Waals surface area contributed by atoms with E-state index in [9.17, 15) is 0 Å². The summed E-state index contributed by atoms with van der Waals surface area (Å²) in [6.07, 6.45) is 2.61. The molecule has 0 aliphatic carbocycles. The highest BCUT2D eigenvalue weighted by atomic mass is 16.7. The zero-order valence-corrected chi connectivity index (χ0v) is 8.49. The van der Waals surface area contributed by atoms with Gasteiger partial charge in [-0.3, -0.25) is 0 Å². The first kappa shape index (κ1) is 8.59. The van der Waals surface area contributed by atoms with Crippen LogP contribution in [0.5, 0.6) is 11.5 Å². The van der Waals surface area contributed by atoms with Gasteiger partial charge in [0.1, 0.15) is 0 Å². The van der Waals surface area contributed by atoms with E-state index in [1.807, 2.05) is 25.3 Å². The van der Waals surface area contributed by atoms with Gasteiger partial charge in [-0.05, 0) is 24.1 Å². The van der Waals surface area contributed by atoms with E-state index < -0.39 is 0 Å². The van der Waals surface area contributed by atoms with Crippen LogP contribution in [0.2, 0.25) is 0 Å². The van der Waals surface area contributed by atoms with E-state index in [0.29, 0.717) is 0 Å². The zero-order chi connectivity index (χ0) is 10.3. The quantitative estimate of drug-likeness (QED) is 0.692. The van der Waals surface area contributed by atoms with Gasteiger partial charge in [-0.1, -0.05) is 0 Å². The van der Waals surface area contributed by atoms with Crippen LogP contribution in [0.3, 0.4) is 0 Å². The molecular weight excluding hydrogens is 192 g/mol. The van der Waals surface area contributed by atoms with Crippen molar-refractivity contribution >= 4 is 6.21 Å². The molecule has 0 fully saturated rings. The molecule has 0 radical (unpaired) electrons. The predicted octanol–water partition coefficient (Wildman–Crippen LogP) is 1.28. The van der Waals surface area contributed by atoms with Crippen LogP contribution in [0.4, 0.5) is 0 Å². The lowest BCUT2D eigenvalue weighted by Crippen LogP contribution is -2.11. The fraction of sp³-hybridized carbons (Fsp3) is 0.364. The van der Waals surface area contributed by atoms with Crippen molar-refractivity contribution in [2.75, 3.05) is 6.54 Å². The summed E-state index contributed by atoms with van der Waals surface area (Å²) in [4.78, 5) is 0. The number of hydrogen-bond acceptors (Lipinski definition) is 4. The number of benzene rings is 1. The van der Waals surface area contributed by atoms with Crippen molar-refractivity contribution in [2.24, 2.45) is 5.10 Å². The summed E-state index contributed by atoms with van der Waals surface area (Å²) in [7, 11) is 0. The summed E-state index contributed by atoms with van der Waals surface area (Å²) in [6, 6.07) is 4.04. The second-order valence-electron chi connectivity index (χ2n) is 3.72. The third-order valence-electron chi connectivity index (χ3n) is 2.59. The number of nitrogens with zero attached hydrogens (tertiary/aromatic N) is 1. The van der Waals surface area contributed by atoms with Crippen molar-refractivity contribution in [1.29, 1.82) is 0 Å². The Morgan fingerprint density at radius 3 is 3.00 bits per heavy atom. The Kier molecular flexibility index (Phi) is 1.80. The van der Waals surface area contributed by atoms with Gasteiger partial charge in [-0.15, -0.1) is 0 Å². The number of hydrogen-bond donors (Lipinski definition) is 1. The van der Waals surface area contributed by atoms with Gasteiger partial charge >= 0.3 is 0 Å². The predicted molar refractivity (Wildman–Crippen MR) is 56.5 cm³/mol. The minimum Gasteiger partial charge on any atom is -0.451 e. The van der Waals surface area contributed by atoms with Gasteiger partial charge in [0.25, 0.3) is 0 Å². The monoisotopic (exact) mass is 204 g/mol. The van der Waals surface area contributed by atoms with Crippen LogP contribution < -0.4 is 14.9 Å². The molecule has 0 amide bonds. The second-order valence-corrected chi connectivity index (χ2v) is 3.72. The van der Waals surface area contributed by atoms with Gasteiger partial charge in [-0.2, -0.15) is 5.10 Å². The first-order chi connectivity index (χ1) is 7.33. The van der Waals surface area contributed by atoms with Crippen LogP contribution in [0.25, 0.3) is 0 Å². The maximum Gasteiger partial charge on any atom is 0.238 e. The van der Waals surface area contributed by atoms with Gasteiger partial charge in [0, 0.05) is 19.0 Å². The highest BCUT2D eigenvalue weighted by molar-refractivity contribution is 5.83. The highest BCUT2D eigenvalue weighted by Gasteiger charge is 2.22. The molecule has 0 saturated carbocycles. The molecule has 2 aliphatic heterocycles. The fourth-order valence-corrected chi connectivity index (χ4v) is 1.89. The van der Waals surface area contributed by atoms with Gasteiger partial charge in [-0.25, -0.2) is 0 Å². The van der Waals surface area contributed by atoms with E-state index in [2.05, 4.69) is 10.5 Å². The average Bonchev–Trinajstić information content (AvgIpc) is 2.44. The number of nitrogens with one attached hydrogen (secondary N) is 1. The van der Waals surface area contributed by atoms with Crippen molar-refractivity contribution in [3.63, 3.8) is 0 Å². The molecule has 1 aromatic carbocycles. The van der Waals surface area contributed by atoms with Crippen molar-refractivity contribution in [2.45, 2.75) is 19.6 Å². The normalized spacial score (nSPS) is 21.8. The van der Waals surface area contributed by atoms with Crippen molar-refractivity contribution in [3.05, 3.63) is 23.3 Å². The maximum absolute atomic E-state index is 5.53. The number of fused-ring (bicyclic) bond motifs is 2. The van der Waals surface area contributed by atoms with Crippen LogP contribution in [0.15, 0.2) is 17.2 Å². The fourth-order valence-electron chi connectivity index (χ4n) is 1.89. The minimum atomic E-state index is -0.180. The lowest BCUT2D eigenvalue weighted by Gasteiger charge is -2.03. The van der Waals surface area contributed by atoms with Gasteiger partial charge in [0.15, 0.2) is 11.5 Å². The number of hydrazone groups is 1. The van der Waals surface area contributed by atoms with Gasteiger partial charge in [0.2, 0.25) is 6.29 Å². The molecule has 4 heteroatoms. The Balaban J connectivity index is 2.08. The van der Waals surface area contributed by atoms with Crippen molar-refractivity contribution < 1.29 is 9.47 Å². The summed E-state index contributed by atoms with van der Waals surface area (Å²) < 4.78 is 11.0. The molecule has 0 spiro atoms. The highest BCUT2D eigenvalue weighted by Crippen LogP contribution is 2.37. The summed E-state index contributed by atoms with van der Waals surface area (Å²) in [5, 5.41) is 4.09. The Labute approximate surface area is 87.9 Å². The first-order valence-corrected chi connectivity index (χ1v) is 5.09. The first-order valence-electron chi connectivity index (χ1n) is 5.09. The maximum atomic E-state index is 5.53. The zero-order valence-electron chi connectivity index (χ0n) is 8.49. The molecule has 15 heavy (non-hydrogen) atoms. The van der Waals surface area contributed by atoms with Gasteiger partial charge in [0.05, 0.1) is 6.21 Å². The van der Waals surface area contributed by atoms with E-state index in [1.165, 1.54) is 5.56 Å². The standard InChI is InChI=1S/C11H12N2O2/c1-7-14-10-4-8-2-3-12-13-6-9(8)5-11(10)15-7/h4-7,12H,2-3H2,1H3. The molecular formula is C11H12N2O2. The number of rotatable bonds is 0. The lowest BCUT2D eigenvalue weighted by atomic mass is 10.0. The van der Waals surface area contributed by atoms with Crippen LogP contribution in [-0.4, -0.2) is 19.0 Å². The van der Waals surface area contributed by atoms with E-state index in [0.717, 1.165) is 30.0 Å². The molecule has 1 N–H and O–H groups in total. The SMILES string of the molecule is CC1Oc2cc3c(cc2O1)CCNN=C3. The Morgan fingerprint density at radius 1 is 1.33 bits per heavy atom.